The summed E-state index contributed by atoms with van der Waals surface area (Å²) in [5.74, 6) is 0.217. The van der Waals surface area contributed by atoms with Crippen molar-refractivity contribution in [3.05, 3.63) is 181 Å². The van der Waals surface area contributed by atoms with Gasteiger partial charge in [-0.05, 0) is 64.2 Å². The summed E-state index contributed by atoms with van der Waals surface area (Å²) in [4.78, 5) is 2.58. The van der Waals surface area contributed by atoms with E-state index in [-0.39, 0.29) is 12.0 Å². The van der Waals surface area contributed by atoms with Crippen molar-refractivity contribution in [1.82, 2.24) is 4.57 Å². The minimum absolute atomic E-state index is 0.166. The largest absolute Gasteiger partial charge is 0.333 e. The molecule has 2 atom stereocenters. The first kappa shape index (κ1) is 24.9. The number of fused-ring (bicyclic) bond motifs is 7. The highest BCUT2D eigenvalue weighted by Crippen LogP contribution is 2.55. The van der Waals surface area contributed by atoms with E-state index in [9.17, 15) is 0 Å². The van der Waals surface area contributed by atoms with Gasteiger partial charge in [0.05, 0.1) is 17.3 Å². The first-order chi connectivity index (χ1) is 21.9. The molecule has 2 aliphatic rings. The third kappa shape index (κ3) is 3.74. The Kier molecular flexibility index (Phi) is 5.67. The molecule has 9 rings (SSSR count). The van der Waals surface area contributed by atoms with Gasteiger partial charge < -0.3 is 9.47 Å². The van der Waals surface area contributed by atoms with Gasteiger partial charge in [0.15, 0.2) is 0 Å². The molecule has 0 saturated carbocycles. The van der Waals surface area contributed by atoms with E-state index < -0.39 is 0 Å². The summed E-state index contributed by atoms with van der Waals surface area (Å²) < 4.78 is 2.44. The fourth-order valence-corrected chi connectivity index (χ4v) is 7.50. The zero-order chi connectivity index (χ0) is 29.0. The second-order valence-electron chi connectivity index (χ2n) is 11.7. The molecule has 0 saturated heterocycles. The fraction of sp³-hybridized carbons (Fsp3) is 0.0476. The van der Waals surface area contributed by atoms with Crippen molar-refractivity contribution in [2.75, 3.05) is 4.90 Å². The van der Waals surface area contributed by atoms with Crippen LogP contribution in [0.25, 0.3) is 44.9 Å². The molecule has 0 bridgehead atoms. The second kappa shape index (κ2) is 10.00. The lowest BCUT2D eigenvalue weighted by atomic mass is 9.82. The molecular formula is C42H30N2. The van der Waals surface area contributed by atoms with Crippen molar-refractivity contribution >= 4 is 28.4 Å². The summed E-state index contributed by atoms with van der Waals surface area (Å²) in [6, 6.07) is 57.3. The number of hydrogen-bond acceptors (Lipinski definition) is 1. The number of nitrogens with zero attached hydrogens (tertiary/aromatic N) is 2. The van der Waals surface area contributed by atoms with Crippen molar-refractivity contribution < 1.29 is 0 Å². The minimum atomic E-state index is 0.166. The molecule has 2 unspecified atom stereocenters. The Morgan fingerprint density at radius 1 is 0.477 bits per heavy atom. The SMILES string of the molecule is C1=CC2C(c3ccccc3N2c2ccccc2-c2ccc(-c3ccccc3)cc2)c2c1n(-c1ccccc1)c1ccccc21. The molecule has 2 heterocycles. The van der Waals surface area contributed by atoms with Gasteiger partial charge in [0, 0.05) is 33.9 Å². The van der Waals surface area contributed by atoms with Crippen molar-refractivity contribution in [2.45, 2.75) is 12.0 Å². The minimum Gasteiger partial charge on any atom is -0.333 e. The van der Waals surface area contributed by atoms with E-state index in [0.717, 1.165) is 0 Å². The number of hydrogen-bond donors (Lipinski definition) is 0. The smallest absolute Gasteiger partial charge is 0.0637 e. The predicted molar refractivity (Wildman–Crippen MR) is 184 cm³/mol. The highest BCUT2D eigenvalue weighted by Gasteiger charge is 2.43. The van der Waals surface area contributed by atoms with E-state index >= 15 is 0 Å². The number of anilines is 2. The third-order valence-corrected chi connectivity index (χ3v) is 9.37. The normalized spacial score (nSPS) is 16.5. The molecule has 0 fully saturated rings. The number of rotatable bonds is 4. The van der Waals surface area contributed by atoms with Crippen LogP contribution in [0.4, 0.5) is 11.4 Å². The standard InChI is InChI=1S/C42H30N2/c1-3-13-29(14-4-1)30-23-25-31(26-24-30)33-17-7-10-20-36(33)44-38-22-12-9-19-35(38)42-40(44)28-27-39-41(42)34-18-8-11-21-37(34)43(39)32-15-5-2-6-16-32/h1-28,40,42H. The van der Waals surface area contributed by atoms with E-state index in [0.29, 0.717) is 0 Å². The van der Waals surface area contributed by atoms with Gasteiger partial charge in [0.2, 0.25) is 0 Å². The third-order valence-electron chi connectivity index (χ3n) is 9.37. The highest BCUT2D eigenvalue weighted by molar-refractivity contribution is 5.95. The van der Waals surface area contributed by atoms with Gasteiger partial charge in [0.1, 0.15) is 0 Å². The van der Waals surface area contributed by atoms with E-state index in [1.165, 1.54) is 67.0 Å². The van der Waals surface area contributed by atoms with Gasteiger partial charge in [0.25, 0.3) is 0 Å². The topological polar surface area (TPSA) is 8.17 Å². The number of aromatic nitrogens is 1. The van der Waals surface area contributed by atoms with Crippen LogP contribution in [0.15, 0.2) is 164 Å². The maximum absolute atomic E-state index is 2.58. The van der Waals surface area contributed by atoms with Crippen LogP contribution < -0.4 is 4.90 Å². The molecular weight excluding hydrogens is 532 g/mol. The second-order valence-corrected chi connectivity index (χ2v) is 11.7. The lowest BCUT2D eigenvalue weighted by Gasteiger charge is -2.32. The Balaban J connectivity index is 1.21. The zero-order valence-electron chi connectivity index (χ0n) is 24.2. The van der Waals surface area contributed by atoms with Crippen LogP contribution >= 0.6 is 0 Å². The summed E-state index contributed by atoms with van der Waals surface area (Å²) in [6.45, 7) is 0. The first-order valence-corrected chi connectivity index (χ1v) is 15.4. The molecule has 44 heavy (non-hydrogen) atoms. The summed E-state index contributed by atoms with van der Waals surface area (Å²) >= 11 is 0. The molecule has 1 aliphatic carbocycles. The molecule has 0 spiro atoms. The average Bonchev–Trinajstić information content (AvgIpc) is 3.62. The van der Waals surface area contributed by atoms with Gasteiger partial charge in [-0.2, -0.15) is 0 Å². The van der Waals surface area contributed by atoms with Crippen LogP contribution in [0.3, 0.4) is 0 Å². The zero-order valence-corrected chi connectivity index (χ0v) is 24.2. The van der Waals surface area contributed by atoms with Gasteiger partial charge >= 0.3 is 0 Å². The maximum atomic E-state index is 2.58. The first-order valence-electron chi connectivity index (χ1n) is 15.4. The van der Waals surface area contributed by atoms with Gasteiger partial charge in [-0.1, -0.05) is 133 Å². The van der Waals surface area contributed by atoms with E-state index in [1.807, 2.05) is 0 Å². The monoisotopic (exact) mass is 562 g/mol. The van der Waals surface area contributed by atoms with Crippen molar-refractivity contribution in [3.63, 3.8) is 0 Å². The fourth-order valence-electron chi connectivity index (χ4n) is 7.50. The summed E-state index contributed by atoms with van der Waals surface area (Å²) in [5.41, 5.74) is 14.0. The molecule has 0 amide bonds. The van der Waals surface area contributed by atoms with Crippen LogP contribution in [0, 0.1) is 0 Å². The highest BCUT2D eigenvalue weighted by atomic mass is 15.2. The lowest BCUT2D eigenvalue weighted by molar-refractivity contribution is 0.726. The lowest BCUT2D eigenvalue weighted by Crippen LogP contribution is -2.31. The molecule has 2 heteroatoms. The van der Waals surface area contributed by atoms with Crippen LogP contribution in [0.2, 0.25) is 0 Å². The molecule has 6 aromatic carbocycles. The Morgan fingerprint density at radius 2 is 1.09 bits per heavy atom. The van der Waals surface area contributed by atoms with Crippen molar-refractivity contribution in [1.29, 1.82) is 0 Å². The Morgan fingerprint density at radius 3 is 1.91 bits per heavy atom. The van der Waals surface area contributed by atoms with Crippen LogP contribution in [0.1, 0.15) is 22.7 Å². The Bertz CT molecular complexity index is 2170. The van der Waals surface area contributed by atoms with Crippen molar-refractivity contribution in [2.24, 2.45) is 0 Å². The van der Waals surface area contributed by atoms with E-state index in [4.69, 9.17) is 0 Å². The molecule has 1 aliphatic heterocycles. The summed E-state index contributed by atoms with van der Waals surface area (Å²) in [5, 5.41) is 1.33. The van der Waals surface area contributed by atoms with Crippen LogP contribution in [0.5, 0.6) is 0 Å². The summed E-state index contributed by atoms with van der Waals surface area (Å²) in [7, 11) is 0. The Hall–Kier alpha value is -5.60. The predicted octanol–water partition coefficient (Wildman–Crippen LogP) is 10.6. The molecule has 0 radical (unpaired) electrons. The van der Waals surface area contributed by atoms with Crippen molar-refractivity contribution in [3.8, 4) is 27.9 Å². The molecule has 0 N–H and O–H groups in total. The van der Waals surface area contributed by atoms with Crippen LogP contribution in [-0.4, -0.2) is 10.6 Å². The number of benzene rings is 6. The van der Waals surface area contributed by atoms with E-state index in [1.54, 1.807) is 0 Å². The summed E-state index contributed by atoms with van der Waals surface area (Å²) in [6.07, 6.45) is 4.79. The molecule has 208 valence electrons. The van der Waals surface area contributed by atoms with Crippen LogP contribution in [-0.2, 0) is 0 Å². The van der Waals surface area contributed by atoms with E-state index in [2.05, 4.69) is 179 Å². The average molecular weight is 563 g/mol. The van der Waals surface area contributed by atoms with Gasteiger partial charge in [-0.3, -0.25) is 0 Å². The van der Waals surface area contributed by atoms with Gasteiger partial charge in [-0.15, -0.1) is 0 Å². The van der Waals surface area contributed by atoms with Gasteiger partial charge in [-0.25, -0.2) is 0 Å². The molecule has 7 aromatic rings. The number of para-hydroxylation sites is 4. The Labute approximate surface area is 257 Å². The maximum Gasteiger partial charge on any atom is 0.0637 e. The quantitative estimate of drug-likeness (QED) is 0.207. The molecule has 1 aromatic heterocycles. The molecule has 2 nitrogen and oxygen atoms in total.